The van der Waals surface area contributed by atoms with Crippen LogP contribution in [0.2, 0.25) is 0 Å². The highest BCUT2D eigenvalue weighted by atomic mass is 32.2. The van der Waals surface area contributed by atoms with Crippen molar-refractivity contribution in [3.8, 4) is 0 Å². The highest BCUT2D eigenvalue weighted by molar-refractivity contribution is 7.87. The second-order valence-corrected chi connectivity index (χ2v) is 6.65. The minimum Gasteiger partial charge on any atom is -0.399 e. The Morgan fingerprint density at radius 3 is 2.84 bits per heavy atom. The topological polar surface area (TPSA) is 72.2 Å². The minimum absolute atomic E-state index is 0.157. The molecule has 1 aromatic carbocycles. The number of nitrogens with one attached hydrogen (secondary N) is 1. The van der Waals surface area contributed by atoms with Gasteiger partial charge in [-0.25, -0.2) is 0 Å². The molecule has 19 heavy (non-hydrogen) atoms. The van der Waals surface area contributed by atoms with Gasteiger partial charge >= 0.3 is 0 Å². The van der Waals surface area contributed by atoms with Gasteiger partial charge in [-0.1, -0.05) is 12.1 Å². The van der Waals surface area contributed by atoms with Gasteiger partial charge in [-0.3, -0.25) is 9.00 Å². The lowest BCUT2D eigenvalue weighted by atomic mass is 10.3. The van der Waals surface area contributed by atoms with Crippen molar-refractivity contribution in [2.24, 2.45) is 0 Å². The zero-order chi connectivity index (χ0) is 13.7. The number of nitrogen functional groups attached to an aromatic ring is 1. The predicted octanol–water partition coefficient (Wildman–Crippen LogP) is 2.47. The second kappa shape index (κ2) is 6.49. The van der Waals surface area contributed by atoms with E-state index in [1.807, 2.05) is 17.5 Å². The molecule has 0 radical (unpaired) electrons. The molecule has 0 spiro atoms. The van der Waals surface area contributed by atoms with E-state index in [0.717, 1.165) is 4.21 Å². The average Bonchev–Trinajstić information content (AvgIpc) is 2.90. The summed E-state index contributed by atoms with van der Waals surface area (Å²) in [5.41, 5.74) is 6.88. The van der Waals surface area contributed by atoms with Crippen LogP contribution in [0.1, 0.15) is 6.42 Å². The van der Waals surface area contributed by atoms with Crippen molar-refractivity contribution in [2.75, 3.05) is 16.8 Å². The first kappa shape index (κ1) is 13.8. The summed E-state index contributed by atoms with van der Waals surface area (Å²) in [5.74, 6) is 0.171. The molecular weight excluding hydrogens is 280 g/mol. The third-order valence-corrected chi connectivity index (χ3v) is 5.07. The molecule has 6 heteroatoms. The van der Waals surface area contributed by atoms with Gasteiger partial charge in [0, 0.05) is 23.5 Å². The molecule has 0 aliphatic rings. The molecule has 3 N–H and O–H groups in total. The van der Waals surface area contributed by atoms with E-state index in [0.29, 0.717) is 17.1 Å². The fourth-order valence-corrected chi connectivity index (χ4v) is 3.62. The van der Waals surface area contributed by atoms with Crippen LogP contribution < -0.4 is 11.1 Å². The molecule has 4 nitrogen and oxygen atoms in total. The molecule has 1 atom stereocenters. The van der Waals surface area contributed by atoms with E-state index in [2.05, 4.69) is 5.32 Å². The van der Waals surface area contributed by atoms with Crippen LogP contribution in [0.25, 0.3) is 0 Å². The molecule has 2 rings (SSSR count). The standard InChI is InChI=1S/C13H14N2O2S2/c14-10-3-1-4-11(9-10)15-12(16)6-8-19(17)13-5-2-7-18-13/h1-5,7,9H,6,8,14H2,(H,15,16). The number of nitrogens with two attached hydrogens (primary N) is 1. The molecule has 0 aliphatic heterocycles. The van der Waals surface area contributed by atoms with E-state index in [9.17, 15) is 9.00 Å². The number of amides is 1. The van der Waals surface area contributed by atoms with E-state index >= 15 is 0 Å². The maximum atomic E-state index is 11.8. The molecule has 0 fully saturated rings. The van der Waals surface area contributed by atoms with Crippen LogP contribution in [0, 0.1) is 0 Å². The largest absolute Gasteiger partial charge is 0.399 e. The number of benzene rings is 1. The summed E-state index contributed by atoms with van der Waals surface area (Å²) < 4.78 is 12.6. The Bertz CT molecular complexity index is 582. The zero-order valence-electron chi connectivity index (χ0n) is 10.2. The van der Waals surface area contributed by atoms with Crippen molar-refractivity contribution in [2.45, 2.75) is 10.6 Å². The minimum atomic E-state index is -1.10. The predicted molar refractivity (Wildman–Crippen MR) is 79.7 cm³/mol. The first-order valence-electron chi connectivity index (χ1n) is 5.72. The maximum absolute atomic E-state index is 11.8. The van der Waals surface area contributed by atoms with Gasteiger partial charge in [0.1, 0.15) is 0 Å². The molecule has 1 unspecified atom stereocenters. The van der Waals surface area contributed by atoms with Gasteiger partial charge in [-0.15, -0.1) is 11.3 Å². The molecule has 1 amide bonds. The molecule has 100 valence electrons. The average molecular weight is 294 g/mol. The molecule has 0 aliphatic carbocycles. The Balaban J connectivity index is 1.83. The van der Waals surface area contributed by atoms with E-state index < -0.39 is 10.8 Å². The number of hydrogen-bond donors (Lipinski definition) is 2. The Labute approximate surface area is 118 Å². The maximum Gasteiger partial charge on any atom is 0.225 e. The Hall–Kier alpha value is -1.66. The summed E-state index contributed by atoms with van der Waals surface area (Å²) in [4.78, 5) is 11.7. The molecule has 0 saturated heterocycles. The smallest absolute Gasteiger partial charge is 0.225 e. The van der Waals surface area contributed by atoms with Crippen molar-refractivity contribution in [3.63, 3.8) is 0 Å². The fourth-order valence-electron chi connectivity index (χ4n) is 1.52. The van der Waals surface area contributed by atoms with Gasteiger partial charge < -0.3 is 11.1 Å². The second-order valence-electron chi connectivity index (χ2n) is 3.91. The van der Waals surface area contributed by atoms with Crippen LogP contribution in [-0.4, -0.2) is 15.9 Å². The number of anilines is 2. The Kier molecular flexibility index (Phi) is 4.70. The SMILES string of the molecule is Nc1cccc(NC(=O)CCS(=O)c2cccs2)c1. The lowest BCUT2D eigenvalue weighted by Crippen LogP contribution is -2.14. The zero-order valence-corrected chi connectivity index (χ0v) is 11.8. The molecular formula is C13H14N2O2S2. The first-order valence-corrected chi connectivity index (χ1v) is 7.92. The van der Waals surface area contributed by atoms with E-state index in [1.54, 1.807) is 24.3 Å². The van der Waals surface area contributed by atoms with Gasteiger partial charge in [0.15, 0.2) is 0 Å². The molecule has 1 heterocycles. The first-order chi connectivity index (χ1) is 9.15. The van der Waals surface area contributed by atoms with Crippen LogP contribution in [-0.2, 0) is 15.6 Å². The van der Waals surface area contributed by atoms with Gasteiger partial charge in [0.2, 0.25) is 5.91 Å². The van der Waals surface area contributed by atoms with Crippen molar-refractivity contribution >= 4 is 39.4 Å². The van der Waals surface area contributed by atoms with Crippen LogP contribution in [0.5, 0.6) is 0 Å². The lowest BCUT2D eigenvalue weighted by Gasteiger charge is -2.05. The monoisotopic (exact) mass is 294 g/mol. The summed E-state index contributed by atoms with van der Waals surface area (Å²) in [6, 6.07) is 10.6. The van der Waals surface area contributed by atoms with Crippen LogP contribution in [0.3, 0.4) is 0 Å². The van der Waals surface area contributed by atoms with Gasteiger partial charge in [0.05, 0.1) is 15.0 Å². The third-order valence-electron chi connectivity index (χ3n) is 2.40. The van der Waals surface area contributed by atoms with Gasteiger partial charge in [-0.05, 0) is 29.6 Å². The lowest BCUT2D eigenvalue weighted by molar-refractivity contribution is -0.115. The van der Waals surface area contributed by atoms with Gasteiger partial charge in [-0.2, -0.15) is 0 Å². The van der Waals surface area contributed by atoms with Crippen molar-refractivity contribution in [1.82, 2.24) is 0 Å². The van der Waals surface area contributed by atoms with Crippen molar-refractivity contribution in [3.05, 3.63) is 41.8 Å². The third kappa shape index (κ3) is 4.18. The summed E-state index contributed by atoms with van der Waals surface area (Å²) >= 11 is 1.44. The summed E-state index contributed by atoms with van der Waals surface area (Å²) in [7, 11) is -1.10. The summed E-state index contributed by atoms with van der Waals surface area (Å²) in [6.45, 7) is 0. The number of carbonyl (C=O) groups excluding carboxylic acids is 1. The van der Waals surface area contributed by atoms with E-state index in [1.165, 1.54) is 11.3 Å². The van der Waals surface area contributed by atoms with Crippen molar-refractivity contribution < 1.29 is 9.00 Å². The number of rotatable bonds is 5. The van der Waals surface area contributed by atoms with Crippen molar-refractivity contribution in [1.29, 1.82) is 0 Å². The highest BCUT2D eigenvalue weighted by Gasteiger charge is 2.08. The van der Waals surface area contributed by atoms with Crippen LogP contribution in [0.4, 0.5) is 11.4 Å². The highest BCUT2D eigenvalue weighted by Crippen LogP contribution is 2.15. The molecule has 0 saturated carbocycles. The Morgan fingerprint density at radius 2 is 2.16 bits per heavy atom. The number of carbonyl (C=O) groups is 1. The van der Waals surface area contributed by atoms with Gasteiger partial charge in [0.25, 0.3) is 0 Å². The molecule has 2 aromatic rings. The summed E-state index contributed by atoms with van der Waals surface area (Å²) in [6.07, 6.45) is 0.222. The molecule has 0 bridgehead atoms. The summed E-state index contributed by atoms with van der Waals surface area (Å²) in [5, 5.41) is 4.61. The quantitative estimate of drug-likeness (QED) is 0.832. The van der Waals surface area contributed by atoms with E-state index in [4.69, 9.17) is 5.73 Å². The van der Waals surface area contributed by atoms with E-state index in [-0.39, 0.29) is 12.3 Å². The van der Waals surface area contributed by atoms with Crippen LogP contribution >= 0.6 is 11.3 Å². The molecule has 1 aromatic heterocycles. The van der Waals surface area contributed by atoms with Crippen LogP contribution in [0.15, 0.2) is 46.0 Å². The normalized spacial score (nSPS) is 12.0. The number of hydrogen-bond acceptors (Lipinski definition) is 4. The Morgan fingerprint density at radius 1 is 1.32 bits per heavy atom. The number of thiophene rings is 1. The fraction of sp³-hybridized carbons (Fsp3) is 0.154.